The minimum atomic E-state index is 0. The SMILES string of the molecule is CN=C(NCc1ccoc1)NC1CC(OC)C1(C)C.I. The molecule has 114 valence electrons. The number of methoxy groups -OCH3 is 1. The lowest BCUT2D eigenvalue weighted by atomic mass is 9.64. The molecule has 2 atom stereocenters. The van der Waals surface area contributed by atoms with E-state index < -0.39 is 0 Å². The van der Waals surface area contributed by atoms with E-state index in [9.17, 15) is 0 Å². The number of hydrogen-bond acceptors (Lipinski definition) is 3. The first-order chi connectivity index (χ1) is 9.07. The number of nitrogens with zero attached hydrogens (tertiary/aromatic N) is 1. The van der Waals surface area contributed by atoms with Crippen LogP contribution in [-0.2, 0) is 11.3 Å². The van der Waals surface area contributed by atoms with Crippen molar-refractivity contribution in [2.75, 3.05) is 14.2 Å². The number of aliphatic imine (C=N–C) groups is 1. The third-order valence-electron chi connectivity index (χ3n) is 4.04. The summed E-state index contributed by atoms with van der Waals surface area (Å²) in [5.41, 5.74) is 1.23. The summed E-state index contributed by atoms with van der Waals surface area (Å²) in [6.45, 7) is 5.13. The molecule has 1 aliphatic rings. The summed E-state index contributed by atoms with van der Waals surface area (Å²) in [7, 11) is 3.55. The van der Waals surface area contributed by atoms with E-state index in [0.717, 1.165) is 17.9 Å². The van der Waals surface area contributed by atoms with Crippen LogP contribution in [0.15, 0.2) is 28.0 Å². The van der Waals surface area contributed by atoms with E-state index in [1.165, 1.54) is 0 Å². The maximum atomic E-state index is 5.45. The van der Waals surface area contributed by atoms with Crippen molar-refractivity contribution < 1.29 is 9.15 Å². The molecule has 0 aliphatic heterocycles. The molecule has 0 aromatic carbocycles. The quantitative estimate of drug-likeness (QED) is 0.469. The van der Waals surface area contributed by atoms with Gasteiger partial charge < -0.3 is 19.8 Å². The molecule has 1 heterocycles. The van der Waals surface area contributed by atoms with Crippen molar-refractivity contribution >= 4 is 29.9 Å². The van der Waals surface area contributed by atoms with E-state index in [4.69, 9.17) is 9.15 Å². The smallest absolute Gasteiger partial charge is 0.191 e. The largest absolute Gasteiger partial charge is 0.472 e. The second-order valence-corrected chi connectivity index (χ2v) is 5.54. The molecule has 5 nitrogen and oxygen atoms in total. The summed E-state index contributed by atoms with van der Waals surface area (Å²) in [6, 6.07) is 2.32. The number of rotatable bonds is 4. The monoisotopic (exact) mass is 393 g/mol. The summed E-state index contributed by atoms with van der Waals surface area (Å²) < 4.78 is 10.5. The van der Waals surface area contributed by atoms with Gasteiger partial charge in [0.2, 0.25) is 0 Å². The van der Waals surface area contributed by atoms with Crippen LogP contribution in [0, 0.1) is 5.41 Å². The first kappa shape index (κ1) is 17.3. The predicted octanol–water partition coefficient (Wildman–Crippen LogP) is 2.38. The van der Waals surface area contributed by atoms with E-state index in [1.807, 2.05) is 6.07 Å². The Balaban J connectivity index is 0.00000200. The van der Waals surface area contributed by atoms with Gasteiger partial charge in [0.15, 0.2) is 5.96 Å². The highest BCUT2D eigenvalue weighted by Crippen LogP contribution is 2.42. The Kier molecular flexibility index (Phi) is 6.32. The maximum absolute atomic E-state index is 5.45. The van der Waals surface area contributed by atoms with Crippen molar-refractivity contribution in [3.63, 3.8) is 0 Å². The Morgan fingerprint density at radius 3 is 2.80 bits per heavy atom. The molecule has 6 heteroatoms. The summed E-state index contributed by atoms with van der Waals surface area (Å²) in [5, 5.41) is 6.73. The highest BCUT2D eigenvalue weighted by atomic mass is 127. The molecule has 2 N–H and O–H groups in total. The highest BCUT2D eigenvalue weighted by molar-refractivity contribution is 14.0. The zero-order valence-corrected chi connectivity index (χ0v) is 14.8. The van der Waals surface area contributed by atoms with Gasteiger partial charge in [-0.05, 0) is 12.5 Å². The third kappa shape index (κ3) is 3.66. The van der Waals surface area contributed by atoms with E-state index >= 15 is 0 Å². The first-order valence-electron chi connectivity index (χ1n) is 6.59. The number of nitrogens with one attached hydrogen (secondary N) is 2. The van der Waals surface area contributed by atoms with Crippen LogP contribution < -0.4 is 10.6 Å². The standard InChI is InChI=1S/C14H23N3O2.HI/c1-14(2)11(7-12(14)18-4)17-13(15-3)16-8-10-5-6-19-9-10;/h5-6,9,11-12H,7-8H2,1-4H3,(H2,15,16,17);1H. The second-order valence-electron chi connectivity index (χ2n) is 5.54. The van der Waals surface area contributed by atoms with Gasteiger partial charge in [0, 0.05) is 37.7 Å². The third-order valence-corrected chi connectivity index (χ3v) is 4.04. The summed E-state index contributed by atoms with van der Waals surface area (Å²) in [5.74, 6) is 0.814. The van der Waals surface area contributed by atoms with Crippen molar-refractivity contribution in [3.05, 3.63) is 24.2 Å². The lowest BCUT2D eigenvalue weighted by Crippen LogP contribution is -2.63. The first-order valence-corrected chi connectivity index (χ1v) is 6.59. The molecule has 1 saturated carbocycles. The fraction of sp³-hybridized carbons (Fsp3) is 0.643. The average Bonchev–Trinajstić information content (AvgIpc) is 2.90. The number of halogens is 1. The summed E-state index contributed by atoms with van der Waals surface area (Å²) in [4.78, 5) is 4.25. The molecule has 0 saturated heterocycles. The van der Waals surface area contributed by atoms with Crippen molar-refractivity contribution in [1.29, 1.82) is 0 Å². The van der Waals surface area contributed by atoms with E-state index in [1.54, 1.807) is 26.7 Å². The normalized spacial score (nSPS) is 24.5. The Morgan fingerprint density at radius 1 is 1.55 bits per heavy atom. The maximum Gasteiger partial charge on any atom is 0.191 e. The molecule has 20 heavy (non-hydrogen) atoms. The van der Waals surface area contributed by atoms with Crippen LogP contribution >= 0.6 is 24.0 Å². The molecule has 1 aromatic rings. The molecular weight excluding hydrogens is 369 g/mol. The van der Waals surface area contributed by atoms with E-state index in [0.29, 0.717) is 18.7 Å². The van der Waals surface area contributed by atoms with Gasteiger partial charge in [-0.3, -0.25) is 4.99 Å². The van der Waals surface area contributed by atoms with Crippen LogP contribution in [0.3, 0.4) is 0 Å². The average molecular weight is 393 g/mol. The summed E-state index contributed by atoms with van der Waals surface area (Å²) >= 11 is 0. The van der Waals surface area contributed by atoms with Gasteiger partial charge in [0.05, 0.1) is 18.6 Å². The van der Waals surface area contributed by atoms with Gasteiger partial charge in [-0.15, -0.1) is 24.0 Å². The Labute approximate surface area is 137 Å². The van der Waals surface area contributed by atoms with Gasteiger partial charge >= 0.3 is 0 Å². The van der Waals surface area contributed by atoms with Gasteiger partial charge in [0.1, 0.15) is 0 Å². The zero-order valence-electron chi connectivity index (χ0n) is 12.5. The fourth-order valence-electron chi connectivity index (χ4n) is 2.47. The van der Waals surface area contributed by atoms with Crippen molar-refractivity contribution in [2.24, 2.45) is 10.4 Å². The molecule has 0 spiro atoms. The minimum Gasteiger partial charge on any atom is -0.472 e. The predicted molar refractivity (Wildman–Crippen MR) is 90.4 cm³/mol. The number of guanidine groups is 1. The lowest BCUT2D eigenvalue weighted by Gasteiger charge is -2.51. The van der Waals surface area contributed by atoms with Gasteiger partial charge in [0.25, 0.3) is 0 Å². The van der Waals surface area contributed by atoms with Gasteiger partial charge in [-0.1, -0.05) is 13.8 Å². The highest BCUT2D eigenvalue weighted by Gasteiger charge is 2.48. The van der Waals surface area contributed by atoms with Crippen LogP contribution in [0.4, 0.5) is 0 Å². The second kappa shape index (κ2) is 7.31. The number of furan rings is 1. The molecule has 0 amide bonds. The van der Waals surface area contributed by atoms with Crippen LogP contribution in [-0.4, -0.2) is 32.3 Å². The number of hydrogen-bond donors (Lipinski definition) is 2. The molecule has 2 rings (SSSR count). The van der Waals surface area contributed by atoms with Crippen LogP contribution in [0.2, 0.25) is 0 Å². The van der Waals surface area contributed by atoms with Crippen LogP contribution in [0.5, 0.6) is 0 Å². The molecule has 1 fully saturated rings. The van der Waals surface area contributed by atoms with Crippen molar-refractivity contribution in [2.45, 2.75) is 39.0 Å². The number of ether oxygens (including phenoxy) is 1. The van der Waals surface area contributed by atoms with Gasteiger partial charge in [-0.25, -0.2) is 0 Å². The molecule has 0 radical (unpaired) electrons. The van der Waals surface area contributed by atoms with Crippen LogP contribution in [0.25, 0.3) is 0 Å². The topological polar surface area (TPSA) is 58.8 Å². The minimum absolute atomic E-state index is 0. The van der Waals surface area contributed by atoms with E-state index in [-0.39, 0.29) is 29.4 Å². The Hall–Kier alpha value is -0.760. The van der Waals surface area contributed by atoms with Crippen LogP contribution in [0.1, 0.15) is 25.8 Å². The van der Waals surface area contributed by atoms with Crippen molar-refractivity contribution in [3.8, 4) is 0 Å². The lowest BCUT2D eigenvalue weighted by molar-refractivity contribution is -0.0922. The van der Waals surface area contributed by atoms with E-state index in [2.05, 4.69) is 29.5 Å². The Bertz CT molecular complexity index is 432. The van der Waals surface area contributed by atoms with Crippen molar-refractivity contribution in [1.82, 2.24) is 10.6 Å². The molecule has 1 aliphatic carbocycles. The zero-order chi connectivity index (χ0) is 13.9. The molecule has 0 bridgehead atoms. The molecule has 2 unspecified atom stereocenters. The van der Waals surface area contributed by atoms with Gasteiger partial charge in [-0.2, -0.15) is 0 Å². The fourth-order valence-corrected chi connectivity index (χ4v) is 2.47. The molecule has 1 aromatic heterocycles. The Morgan fingerprint density at radius 2 is 2.30 bits per heavy atom. The summed E-state index contributed by atoms with van der Waals surface area (Å²) in [6.07, 6.45) is 4.73. The molecular formula is C14H24IN3O2.